The van der Waals surface area contributed by atoms with Crippen molar-refractivity contribution in [2.45, 2.75) is 32.4 Å². The maximum absolute atomic E-state index is 12.6. The third-order valence-electron chi connectivity index (χ3n) is 5.59. The van der Waals surface area contributed by atoms with Crippen LogP contribution in [0.4, 0.5) is 13.2 Å². The molecule has 35 heavy (non-hydrogen) atoms. The molecule has 192 valence electrons. The van der Waals surface area contributed by atoms with Crippen LogP contribution < -0.4 is 0 Å². The third-order valence-corrected chi connectivity index (χ3v) is 5.84. The van der Waals surface area contributed by atoms with Gasteiger partial charge in [-0.1, -0.05) is 43.3 Å². The molecule has 1 aromatic rings. The Labute approximate surface area is 211 Å². The van der Waals surface area contributed by atoms with Crippen molar-refractivity contribution in [3.63, 3.8) is 0 Å². The van der Waals surface area contributed by atoms with Gasteiger partial charge in [-0.2, -0.15) is 13.2 Å². The van der Waals surface area contributed by atoms with E-state index in [9.17, 15) is 13.2 Å². The van der Waals surface area contributed by atoms with Crippen molar-refractivity contribution in [2.24, 2.45) is 4.99 Å². The second-order valence-corrected chi connectivity index (χ2v) is 8.74. The van der Waals surface area contributed by atoms with Gasteiger partial charge in [-0.3, -0.25) is 0 Å². The molecular formula is C26H34ClF3N4O. The number of nitrogens with zero attached hydrogens (tertiary/aromatic N) is 4. The van der Waals surface area contributed by atoms with Gasteiger partial charge in [0.05, 0.1) is 18.8 Å². The Morgan fingerprint density at radius 1 is 1.23 bits per heavy atom. The van der Waals surface area contributed by atoms with Gasteiger partial charge in [0.1, 0.15) is 5.84 Å². The molecule has 0 fully saturated rings. The van der Waals surface area contributed by atoms with E-state index in [4.69, 9.17) is 21.7 Å². The summed E-state index contributed by atoms with van der Waals surface area (Å²) in [5, 5.41) is 8.95. The summed E-state index contributed by atoms with van der Waals surface area (Å²) < 4.78 is 37.8. The molecule has 1 aromatic carbocycles. The fraction of sp³-hybridized carbons (Fsp3) is 0.423. The second kappa shape index (κ2) is 13.5. The van der Waals surface area contributed by atoms with Crippen LogP contribution in [-0.2, 0) is 0 Å². The highest BCUT2D eigenvalue weighted by atomic mass is 35.5. The van der Waals surface area contributed by atoms with Crippen molar-refractivity contribution < 1.29 is 18.3 Å². The van der Waals surface area contributed by atoms with E-state index in [0.717, 1.165) is 29.9 Å². The number of hydrogen-bond acceptors (Lipinski definition) is 5. The molecule has 2 heterocycles. The van der Waals surface area contributed by atoms with E-state index < -0.39 is 12.6 Å². The van der Waals surface area contributed by atoms with Crippen molar-refractivity contribution in [3.8, 4) is 0 Å². The Kier molecular flexibility index (Phi) is 11.1. The van der Waals surface area contributed by atoms with Crippen molar-refractivity contribution in [3.05, 3.63) is 77.8 Å². The van der Waals surface area contributed by atoms with E-state index in [1.165, 1.54) is 0 Å². The molecule has 9 heteroatoms. The molecule has 0 saturated carbocycles. The zero-order chi connectivity index (χ0) is 26.0. The Balaban J connectivity index is 0.000000540. The molecule has 1 N–H and O–H groups in total. The summed E-state index contributed by atoms with van der Waals surface area (Å²) in [6.45, 7) is 12.8. The van der Waals surface area contributed by atoms with Gasteiger partial charge in [0.15, 0.2) is 0 Å². The second-order valence-electron chi connectivity index (χ2n) is 8.30. The monoisotopic (exact) mass is 510 g/mol. The smallest absolute Gasteiger partial charge is 0.389 e. The molecule has 0 atom stereocenters. The summed E-state index contributed by atoms with van der Waals surface area (Å²) in [6, 6.07) is 7.29. The summed E-state index contributed by atoms with van der Waals surface area (Å²) in [5.74, 6) is 0.690. The minimum Gasteiger partial charge on any atom is -0.395 e. The Morgan fingerprint density at radius 3 is 2.46 bits per heavy atom. The number of allylic oxidation sites excluding steroid dienone is 2. The van der Waals surface area contributed by atoms with Crippen molar-refractivity contribution >= 4 is 23.1 Å². The molecule has 5 nitrogen and oxygen atoms in total. The maximum atomic E-state index is 12.6. The van der Waals surface area contributed by atoms with Gasteiger partial charge in [-0.25, -0.2) is 4.99 Å². The largest absolute Gasteiger partial charge is 0.395 e. The van der Waals surface area contributed by atoms with E-state index in [2.05, 4.69) is 25.0 Å². The highest BCUT2D eigenvalue weighted by molar-refractivity contribution is 6.30. The van der Waals surface area contributed by atoms with Gasteiger partial charge in [0, 0.05) is 48.2 Å². The molecule has 0 amide bonds. The molecule has 2 aliphatic rings. The number of hydrogen-bond donors (Lipinski definition) is 1. The van der Waals surface area contributed by atoms with Crippen LogP contribution in [0.3, 0.4) is 0 Å². The first-order chi connectivity index (χ1) is 16.6. The Hall–Kier alpha value is -2.55. The molecule has 2 aliphatic heterocycles. The quantitative estimate of drug-likeness (QED) is 0.419. The predicted octanol–water partition coefficient (Wildman–Crippen LogP) is 5.91. The van der Waals surface area contributed by atoms with Crippen LogP contribution >= 0.6 is 11.6 Å². The average Bonchev–Trinajstić information content (AvgIpc) is 2.90. The minimum atomic E-state index is -4.17. The van der Waals surface area contributed by atoms with Crippen molar-refractivity contribution in [1.82, 2.24) is 14.7 Å². The molecular weight excluding hydrogens is 477 g/mol. The number of fused-ring (bicyclic) bond motifs is 2. The van der Waals surface area contributed by atoms with Gasteiger partial charge in [0.25, 0.3) is 0 Å². The number of rotatable bonds is 9. The standard InChI is InChI=1S/C21H21ClF3N3.C5H13NO/c1-3-5-17-12-27(11-4-10-21(23,24)25)20-14-28(15(17)2)13-19(26-20)16-6-8-18(22)9-7-16;1-3-6(2)4-5-7/h3,6-9,12-13H,1-2,4-5,10-11,14H2;7H,3-5H2,1-2H3. The van der Waals surface area contributed by atoms with E-state index in [-0.39, 0.29) is 19.6 Å². The molecule has 0 saturated heterocycles. The fourth-order valence-corrected chi connectivity index (χ4v) is 3.58. The number of benzene rings is 1. The van der Waals surface area contributed by atoms with Gasteiger partial charge in [-0.05, 0) is 44.1 Å². The van der Waals surface area contributed by atoms with Crippen LogP contribution in [0.25, 0.3) is 5.70 Å². The summed E-state index contributed by atoms with van der Waals surface area (Å²) in [5.41, 5.74) is 3.29. The summed E-state index contributed by atoms with van der Waals surface area (Å²) in [7, 11) is 1.98. The number of amidine groups is 1. The molecule has 0 spiro atoms. The Bertz CT molecular complexity index is 954. The van der Waals surface area contributed by atoms with Crippen LogP contribution in [0.5, 0.6) is 0 Å². The van der Waals surface area contributed by atoms with Crippen LogP contribution in [0, 0.1) is 0 Å². The van der Waals surface area contributed by atoms with Crippen LogP contribution in [0.15, 0.2) is 72.2 Å². The zero-order valence-electron chi connectivity index (χ0n) is 20.4. The maximum Gasteiger partial charge on any atom is 0.389 e. The van der Waals surface area contributed by atoms with Crippen LogP contribution in [0.1, 0.15) is 31.7 Å². The fourth-order valence-electron chi connectivity index (χ4n) is 3.46. The SMILES string of the molecule is C=CCC1=CN(CCCC(F)(F)F)C2=NC(c3ccc(Cl)cc3)=CN(C2)C1=C.CCN(C)CCO. The lowest BCUT2D eigenvalue weighted by Gasteiger charge is -2.29. The molecule has 3 rings (SSSR count). The molecule has 2 bridgehead atoms. The number of likely N-dealkylation sites (N-methyl/N-ethyl adjacent to an activating group) is 1. The molecule has 0 radical (unpaired) electrons. The van der Waals surface area contributed by atoms with Crippen LogP contribution in [-0.4, -0.2) is 71.7 Å². The lowest BCUT2D eigenvalue weighted by Crippen LogP contribution is -2.36. The van der Waals surface area contributed by atoms with E-state index >= 15 is 0 Å². The number of aliphatic hydroxyl groups excluding tert-OH is 1. The number of halogens is 4. The molecule has 0 unspecified atom stereocenters. The van der Waals surface area contributed by atoms with E-state index in [1.807, 2.05) is 36.5 Å². The zero-order valence-corrected chi connectivity index (χ0v) is 21.1. The average molecular weight is 511 g/mol. The summed E-state index contributed by atoms with van der Waals surface area (Å²) >= 11 is 5.97. The van der Waals surface area contributed by atoms with Gasteiger partial charge in [-0.15, -0.1) is 6.58 Å². The van der Waals surface area contributed by atoms with E-state index in [1.54, 1.807) is 23.1 Å². The van der Waals surface area contributed by atoms with Gasteiger partial charge in [0.2, 0.25) is 0 Å². The number of alkyl halides is 3. The van der Waals surface area contributed by atoms with Gasteiger partial charge < -0.3 is 19.8 Å². The Morgan fingerprint density at radius 2 is 1.91 bits per heavy atom. The lowest BCUT2D eigenvalue weighted by molar-refractivity contribution is -0.135. The first kappa shape index (κ1) is 28.7. The summed E-state index contributed by atoms with van der Waals surface area (Å²) in [6.07, 6.45) is 1.08. The predicted molar refractivity (Wildman–Crippen MR) is 138 cm³/mol. The lowest BCUT2D eigenvalue weighted by atomic mass is 10.1. The number of aliphatic imine (C=N–C) groups is 1. The molecule has 0 aromatic heterocycles. The van der Waals surface area contributed by atoms with Crippen LogP contribution in [0.2, 0.25) is 5.02 Å². The van der Waals surface area contributed by atoms with Crippen molar-refractivity contribution in [2.75, 3.05) is 39.8 Å². The van der Waals surface area contributed by atoms with Gasteiger partial charge >= 0.3 is 6.18 Å². The summed E-state index contributed by atoms with van der Waals surface area (Å²) in [4.78, 5) is 10.6. The minimum absolute atomic E-state index is 0.00709. The van der Waals surface area contributed by atoms with E-state index in [0.29, 0.717) is 29.5 Å². The normalized spacial score (nSPS) is 15.7. The first-order valence-corrected chi connectivity index (χ1v) is 11.9. The van der Waals surface area contributed by atoms with Crippen molar-refractivity contribution in [1.29, 1.82) is 0 Å². The topological polar surface area (TPSA) is 42.3 Å². The highest BCUT2D eigenvalue weighted by Gasteiger charge is 2.29. The first-order valence-electron chi connectivity index (χ1n) is 11.5. The third kappa shape index (κ3) is 9.20. The highest BCUT2D eigenvalue weighted by Crippen LogP contribution is 2.31. The number of aliphatic hydroxyl groups is 1. The molecule has 0 aliphatic carbocycles.